The van der Waals surface area contributed by atoms with Gasteiger partial charge >= 0.3 is 0 Å². The second-order valence-electron chi connectivity index (χ2n) is 3.65. The standard InChI is InChI=1S/C11H9Br2N3O2S/c12-7-1-3-10(9(14)5-7)19(17,18)16-11-4-2-8(13)6-15-11/h1-6H,14H2,(H,15,16). The lowest BCUT2D eigenvalue weighted by Crippen LogP contribution is -2.15. The van der Waals surface area contributed by atoms with Crippen molar-refractivity contribution >= 4 is 53.4 Å². The molecule has 1 heterocycles. The lowest BCUT2D eigenvalue weighted by Gasteiger charge is -2.09. The number of nitrogens with one attached hydrogen (secondary N) is 1. The highest BCUT2D eigenvalue weighted by Gasteiger charge is 2.18. The molecular weight excluding hydrogens is 398 g/mol. The second kappa shape index (κ2) is 5.48. The van der Waals surface area contributed by atoms with Crippen LogP contribution in [0, 0.1) is 0 Å². The van der Waals surface area contributed by atoms with E-state index in [9.17, 15) is 8.42 Å². The Morgan fingerprint density at radius 3 is 2.37 bits per heavy atom. The van der Waals surface area contributed by atoms with Crippen LogP contribution in [0.1, 0.15) is 0 Å². The van der Waals surface area contributed by atoms with Gasteiger partial charge in [0.2, 0.25) is 0 Å². The van der Waals surface area contributed by atoms with E-state index in [4.69, 9.17) is 5.73 Å². The van der Waals surface area contributed by atoms with E-state index in [0.29, 0.717) is 4.47 Å². The normalized spacial score (nSPS) is 11.3. The summed E-state index contributed by atoms with van der Waals surface area (Å²) in [6.07, 6.45) is 1.50. The Morgan fingerprint density at radius 2 is 1.79 bits per heavy atom. The molecule has 0 spiro atoms. The zero-order valence-corrected chi connectivity index (χ0v) is 13.5. The van der Waals surface area contributed by atoms with Crippen LogP contribution >= 0.6 is 31.9 Å². The zero-order valence-electron chi connectivity index (χ0n) is 9.47. The molecule has 8 heteroatoms. The Bertz CT molecular complexity index is 702. The van der Waals surface area contributed by atoms with Gasteiger partial charge in [0.05, 0.1) is 5.69 Å². The summed E-state index contributed by atoms with van der Waals surface area (Å²) in [4.78, 5) is 3.96. The van der Waals surface area contributed by atoms with Gasteiger partial charge in [-0.05, 0) is 46.3 Å². The quantitative estimate of drug-likeness (QED) is 0.767. The number of nitrogen functional groups attached to an aromatic ring is 1. The zero-order chi connectivity index (χ0) is 14.0. The van der Waals surface area contributed by atoms with Crippen molar-refractivity contribution in [2.75, 3.05) is 10.5 Å². The number of sulfonamides is 1. The Labute approximate surface area is 127 Å². The van der Waals surface area contributed by atoms with Crippen LogP contribution in [-0.4, -0.2) is 13.4 Å². The minimum Gasteiger partial charge on any atom is -0.398 e. The molecule has 0 unspecified atom stereocenters. The molecule has 2 aromatic rings. The van der Waals surface area contributed by atoms with Crippen molar-refractivity contribution in [2.24, 2.45) is 0 Å². The summed E-state index contributed by atoms with van der Waals surface area (Å²) in [6, 6.07) is 7.82. The number of hydrogen-bond donors (Lipinski definition) is 2. The minimum absolute atomic E-state index is 0.0143. The highest BCUT2D eigenvalue weighted by atomic mass is 79.9. The molecule has 0 aliphatic rings. The predicted octanol–water partition coefficient (Wildman–Crippen LogP) is 2.99. The summed E-state index contributed by atoms with van der Waals surface area (Å²) in [6.45, 7) is 0. The number of pyridine rings is 1. The molecule has 5 nitrogen and oxygen atoms in total. The first kappa shape index (κ1) is 14.3. The average Bonchev–Trinajstić information content (AvgIpc) is 2.31. The summed E-state index contributed by atoms with van der Waals surface area (Å²) < 4.78 is 28.2. The maximum absolute atomic E-state index is 12.2. The van der Waals surface area contributed by atoms with Gasteiger partial charge in [-0.2, -0.15) is 0 Å². The van der Waals surface area contributed by atoms with E-state index >= 15 is 0 Å². The van der Waals surface area contributed by atoms with Gasteiger partial charge in [0, 0.05) is 15.1 Å². The van der Waals surface area contributed by atoms with Crippen LogP contribution in [0.2, 0.25) is 0 Å². The van der Waals surface area contributed by atoms with Crippen molar-refractivity contribution in [3.8, 4) is 0 Å². The highest BCUT2D eigenvalue weighted by Crippen LogP contribution is 2.24. The molecule has 1 aromatic heterocycles. The van der Waals surface area contributed by atoms with E-state index in [-0.39, 0.29) is 16.4 Å². The van der Waals surface area contributed by atoms with Crippen LogP contribution in [0.4, 0.5) is 11.5 Å². The van der Waals surface area contributed by atoms with Crippen molar-refractivity contribution in [1.82, 2.24) is 4.98 Å². The number of benzene rings is 1. The molecule has 3 N–H and O–H groups in total. The number of nitrogens with zero attached hydrogens (tertiary/aromatic N) is 1. The maximum atomic E-state index is 12.2. The van der Waals surface area contributed by atoms with Crippen molar-refractivity contribution < 1.29 is 8.42 Å². The van der Waals surface area contributed by atoms with Crippen molar-refractivity contribution in [2.45, 2.75) is 4.90 Å². The van der Waals surface area contributed by atoms with E-state index in [2.05, 4.69) is 41.6 Å². The molecule has 100 valence electrons. The Kier molecular flexibility index (Phi) is 4.12. The lowest BCUT2D eigenvalue weighted by molar-refractivity contribution is 0.601. The Hall–Kier alpha value is -1.12. The van der Waals surface area contributed by atoms with Gasteiger partial charge in [0.25, 0.3) is 10.0 Å². The molecule has 0 amide bonds. The van der Waals surface area contributed by atoms with Crippen molar-refractivity contribution in [3.05, 3.63) is 45.5 Å². The van der Waals surface area contributed by atoms with Gasteiger partial charge in [-0.3, -0.25) is 4.72 Å². The molecular formula is C11H9Br2N3O2S. The second-order valence-corrected chi connectivity index (χ2v) is 7.13. The molecule has 0 radical (unpaired) electrons. The highest BCUT2D eigenvalue weighted by molar-refractivity contribution is 9.10. The van der Waals surface area contributed by atoms with E-state index in [1.807, 2.05) is 0 Å². The van der Waals surface area contributed by atoms with Gasteiger partial charge in [0.1, 0.15) is 10.7 Å². The van der Waals surface area contributed by atoms with Gasteiger partial charge in [-0.15, -0.1) is 0 Å². The molecule has 0 bridgehead atoms. The summed E-state index contributed by atoms with van der Waals surface area (Å²) in [5.74, 6) is 0.227. The lowest BCUT2D eigenvalue weighted by atomic mass is 10.3. The molecule has 1 aromatic carbocycles. The van der Waals surface area contributed by atoms with Gasteiger partial charge in [-0.25, -0.2) is 13.4 Å². The third kappa shape index (κ3) is 3.46. The van der Waals surface area contributed by atoms with Crippen molar-refractivity contribution in [1.29, 1.82) is 0 Å². The Morgan fingerprint density at radius 1 is 1.11 bits per heavy atom. The third-order valence-electron chi connectivity index (χ3n) is 2.23. The summed E-state index contributed by atoms with van der Waals surface area (Å²) in [5, 5.41) is 0. The fourth-order valence-corrected chi connectivity index (χ4v) is 3.13. The number of rotatable bonds is 3. The summed E-state index contributed by atoms with van der Waals surface area (Å²) in [7, 11) is -3.75. The first-order valence-electron chi connectivity index (χ1n) is 5.08. The fourth-order valence-electron chi connectivity index (χ4n) is 1.39. The number of hydrogen-bond acceptors (Lipinski definition) is 4. The van der Waals surface area contributed by atoms with Crippen LogP contribution in [0.3, 0.4) is 0 Å². The van der Waals surface area contributed by atoms with Crippen LogP contribution in [-0.2, 0) is 10.0 Å². The SMILES string of the molecule is Nc1cc(Br)ccc1S(=O)(=O)Nc1ccc(Br)cn1. The van der Waals surface area contributed by atoms with Crippen LogP contribution in [0.25, 0.3) is 0 Å². The summed E-state index contributed by atoms with van der Waals surface area (Å²) in [5.41, 5.74) is 5.87. The molecule has 2 rings (SSSR count). The van der Waals surface area contributed by atoms with Crippen LogP contribution in [0.5, 0.6) is 0 Å². The smallest absolute Gasteiger partial charge is 0.265 e. The molecule has 0 saturated carbocycles. The maximum Gasteiger partial charge on any atom is 0.265 e. The van der Waals surface area contributed by atoms with Crippen LogP contribution in [0.15, 0.2) is 50.4 Å². The van der Waals surface area contributed by atoms with E-state index < -0.39 is 10.0 Å². The third-order valence-corrected chi connectivity index (χ3v) is 4.62. The van der Waals surface area contributed by atoms with Gasteiger partial charge in [0.15, 0.2) is 0 Å². The molecule has 0 aliphatic heterocycles. The average molecular weight is 407 g/mol. The number of anilines is 2. The molecule has 0 aliphatic carbocycles. The molecule has 0 fully saturated rings. The largest absolute Gasteiger partial charge is 0.398 e. The van der Waals surface area contributed by atoms with Crippen LogP contribution < -0.4 is 10.5 Å². The van der Waals surface area contributed by atoms with E-state index in [1.54, 1.807) is 18.2 Å². The van der Waals surface area contributed by atoms with E-state index in [1.165, 1.54) is 18.3 Å². The molecule has 0 atom stereocenters. The first-order chi connectivity index (χ1) is 8.88. The topological polar surface area (TPSA) is 85.1 Å². The monoisotopic (exact) mass is 405 g/mol. The Balaban J connectivity index is 2.35. The molecule has 19 heavy (non-hydrogen) atoms. The molecule has 0 saturated heterocycles. The fraction of sp³-hybridized carbons (Fsp3) is 0. The predicted molar refractivity (Wildman–Crippen MR) is 81.3 cm³/mol. The summed E-state index contributed by atoms with van der Waals surface area (Å²) >= 11 is 6.45. The minimum atomic E-state index is -3.75. The number of halogens is 2. The first-order valence-corrected chi connectivity index (χ1v) is 8.15. The van der Waals surface area contributed by atoms with Gasteiger partial charge in [-0.1, -0.05) is 15.9 Å². The van der Waals surface area contributed by atoms with E-state index in [0.717, 1.165) is 4.47 Å². The number of nitrogens with two attached hydrogens (primary N) is 1. The van der Waals surface area contributed by atoms with Crippen molar-refractivity contribution in [3.63, 3.8) is 0 Å². The van der Waals surface area contributed by atoms with Gasteiger partial charge < -0.3 is 5.73 Å². The number of aromatic nitrogens is 1.